The van der Waals surface area contributed by atoms with Crippen LogP contribution in [0.15, 0.2) is 59.7 Å². The van der Waals surface area contributed by atoms with Crippen LogP contribution in [0.3, 0.4) is 0 Å². The molecule has 0 saturated carbocycles. The highest BCUT2D eigenvalue weighted by atomic mass is 16.5. The number of rotatable bonds is 8. The van der Waals surface area contributed by atoms with E-state index in [9.17, 15) is 9.59 Å². The van der Waals surface area contributed by atoms with Crippen molar-refractivity contribution in [1.82, 2.24) is 14.9 Å². The molecule has 1 atom stereocenters. The number of amides is 1. The highest BCUT2D eigenvalue weighted by Gasteiger charge is 2.14. The summed E-state index contributed by atoms with van der Waals surface area (Å²) in [5.41, 5.74) is 3.50. The van der Waals surface area contributed by atoms with Crippen LogP contribution in [0.5, 0.6) is 11.5 Å². The van der Waals surface area contributed by atoms with Crippen LogP contribution in [0.1, 0.15) is 18.1 Å². The lowest BCUT2D eigenvalue weighted by Gasteiger charge is -2.16. The van der Waals surface area contributed by atoms with Crippen molar-refractivity contribution in [3.8, 4) is 22.8 Å². The van der Waals surface area contributed by atoms with Gasteiger partial charge in [-0.1, -0.05) is 6.07 Å². The number of aromatic nitrogens is 2. The third-order valence-electron chi connectivity index (χ3n) is 5.08. The fourth-order valence-corrected chi connectivity index (χ4v) is 3.00. The molecule has 1 N–H and O–H groups in total. The molecule has 0 radical (unpaired) electrons. The van der Waals surface area contributed by atoms with E-state index in [-0.39, 0.29) is 11.5 Å². The standard InChI is InChI=1S/C24H27N3O4/c1-16-5-8-21(13-17(16)2)31-18(3)24(29)25-11-12-27-15-26-22(14-23(27)28)19-6-9-20(30-4)10-7-19/h5-10,13-15,18H,11-12H2,1-4H3,(H,25,29). The van der Waals surface area contributed by atoms with Crippen LogP contribution in [0.4, 0.5) is 0 Å². The zero-order valence-corrected chi connectivity index (χ0v) is 18.2. The van der Waals surface area contributed by atoms with E-state index in [1.807, 2.05) is 56.3 Å². The minimum Gasteiger partial charge on any atom is -0.497 e. The van der Waals surface area contributed by atoms with Crippen LogP contribution in [-0.4, -0.2) is 35.2 Å². The van der Waals surface area contributed by atoms with Gasteiger partial charge in [0.1, 0.15) is 11.5 Å². The second-order valence-electron chi connectivity index (χ2n) is 7.33. The van der Waals surface area contributed by atoms with E-state index in [0.717, 1.165) is 16.9 Å². The van der Waals surface area contributed by atoms with Gasteiger partial charge in [0, 0.05) is 24.7 Å². The number of aryl methyl sites for hydroxylation is 2. The molecular weight excluding hydrogens is 394 g/mol. The molecule has 7 heteroatoms. The van der Waals surface area contributed by atoms with E-state index in [1.165, 1.54) is 22.5 Å². The SMILES string of the molecule is COc1ccc(-c2cc(=O)n(CCNC(=O)C(C)Oc3ccc(C)c(C)c3)cn2)cc1. The molecule has 1 heterocycles. The Labute approximate surface area is 181 Å². The first-order valence-electron chi connectivity index (χ1n) is 10.1. The zero-order valence-electron chi connectivity index (χ0n) is 18.2. The summed E-state index contributed by atoms with van der Waals surface area (Å²) in [6.07, 6.45) is 0.845. The van der Waals surface area contributed by atoms with E-state index in [2.05, 4.69) is 10.3 Å². The molecule has 1 unspecified atom stereocenters. The second kappa shape index (κ2) is 9.93. The van der Waals surface area contributed by atoms with Crippen LogP contribution in [0.2, 0.25) is 0 Å². The maximum Gasteiger partial charge on any atom is 0.260 e. The molecular formula is C24H27N3O4. The van der Waals surface area contributed by atoms with Crippen LogP contribution in [0.25, 0.3) is 11.3 Å². The van der Waals surface area contributed by atoms with Crippen LogP contribution < -0.4 is 20.3 Å². The molecule has 0 aliphatic carbocycles. The molecule has 1 amide bonds. The Morgan fingerprint density at radius 1 is 1.06 bits per heavy atom. The molecule has 0 fully saturated rings. The van der Waals surface area contributed by atoms with E-state index in [1.54, 1.807) is 14.0 Å². The molecule has 162 valence electrons. The van der Waals surface area contributed by atoms with Crippen LogP contribution in [-0.2, 0) is 11.3 Å². The predicted molar refractivity (Wildman–Crippen MR) is 120 cm³/mol. The van der Waals surface area contributed by atoms with Crippen molar-refractivity contribution >= 4 is 5.91 Å². The van der Waals surface area contributed by atoms with Crippen molar-refractivity contribution in [2.24, 2.45) is 0 Å². The van der Waals surface area contributed by atoms with Crippen molar-refractivity contribution in [2.75, 3.05) is 13.7 Å². The summed E-state index contributed by atoms with van der Waals surface area (Å²) in [7, 11) is 1.60. The van der Waals surface area contributed by atoms with E-state index >= 15 is 0 Å². The van der Waals surface area contributed by atoms with Crippen molar-refractivity contribution in [2.45, 2.75) is 33.4 Å². The monoisotopic (exact) mass is 421 g/mol. The first kappa shape index (κ1) is 22.1. The molecule has 2 aromatic carbocycles. The van der Waals surface area contributed by atoms with Gasteiger partial charge in [-0.3, -0.25) is 14.2 Å². The first-order valence-corrected chi connectivity index (χ1v) is 10.1. The fraction of sp³-hybridized carbons (Fsp3) is 0.292. The molecule has 7 nitrogen and oxygen atoms in total. The number of ether oxygens (including phenoxy) is 2. The number of carbonyl (C=O) groups is 1. The van der Waals surface area contributed by atoms with Gasteiger partial charge >= 0.3 is 0 Å². The maximum atomic E-state index is 12.4. The smallest absolute Gasteiger partial charge is 0.260 e. The summed E-state index contributed by atoms with van der Waals surface area (Å²) in [5.74, 6) is 1.15. The van der Waals surface area contributed by atoms with Crippen molar-refractivity contribution in [3.63, 3.8) is 0 Å². The van der Waals surface area contributed by atoms with Gasteiger partial charge in [-0.2, -0.15) is 0 Å². The highest BCUT2D eigenvalue weighted by Crippen LogP contribution is 2.19. The zero-order chi connectivity index (χ0) is 22.4. The molecule has 31 heavy (non-hydrogen) atoms. The number of carbonyl (C=O) groups excluding carboxylic acids is 1. The average molecular weight is 421 g/mol. The molecule has 1 aromatic heterocycles. The van der Waals surface area contributed by atoms with Crippen molar-refractivity contribution < 1.29 is 14.3 Å². The van der Waals surface area contributed by atoms with E-state index in [4.69, 9.17) is 9.47 Å². The maximum absolute atomic E-state index is 12.4. The minimum atomic E-state index is -0.644. The number of benzene rings is 2. The Bertz CT molecular complexity index is 1110. The van der Waals surface area contributed by atoms with Gasteiger partial charge in [-0.25, -0.2) is 4.98 Å². The highest BCUT2D eigenvalue weighted by molar-refractivity contribution is 5.80. The van der Waals surface area contributed by atoms with Gasteiger partial charge in [-0.15, -0.1) is 0 Å². The fourth-order valence-electron chi connectivity index (χ4n) is 3.00. The van der Waals surface area contributed by atoms with Crippen LogP contribution in [0, 0.1) is 13.8 Å². The van der Waals surface area contributed by atoms with Crippen molar-refractivity contribution in [3.05, 3.63) is 76.3 Å². The van der Waals surface area contributed by atoms with Gasteiger partial charge in [0.2, 0.25) is 0 Å². The topological polar surface area (TPSA) is 82.5 Å². The number of hydrogen-bond acceptors (Lipinski definition) is 5. The van der Waals surface area contributed by atoms with Crippen molar-refractivity contribution in [1.29, 1.82) is 0 Å². The predicted octanol–water partition coefficient (Wildman–Crippen LogP) is 3.12. The molecule has 0 saturated heterocycles. The van der Waals surface area contributed by atoms with Gasteiger partial charge in [-0.05, 0) is 68.3 Å². The number of methoxy groups -OCH3 is 1. The number of nitrogens with zero attached hydrogens (tertiary/aromatic N) is 2. The molecule has 3 rings (SSSR count). The molecule has 0 aliphatic rings. The summed E-state index contributed by atoms with van der Waals surface area (Å²) in [4.78, 5) is 29.1. The summed E-state index contributed by atoms with van der Waals surface area (Å²) < 4.78 is 12.3. The van der Waals surface area contributed by atoms with Gasteiger partial charge < -0.3 is 14.8 Å². The molecule has 3 aromatic rings. The third-order valence-corrected chi connectivity index (χ3v) is 5.08. The number of nitrogens with one attached hydrogen (secondary N) is 1. The second-order valence-corrected chi connectivity index (χ2v) is 7.33. The van der Waals surface area contributed by atoms with Gasteiger partial charge in [0.05, 0.1) is 19.1 Å². The van der Waals surface area contributed by atoms with E-state index in [0.29, 0.717) is 24.5 Å². The first-order chi connectivity index (χ1) is 14.9. The van der Waals surface area contributed by atoms with Gasteiger partial charge in [0.15, 0.2) is 6.10 Å². The summed E-state index contributed by atoms with van der Waals surface area (Å²) in [6.45, 7) is 6.33. The Balaban J connectivity index is 1.54. The Hall–Kier alpha value is -3.61. The quantitative estimate of drug-likeness (QED) is 0.604. The Morgan fingerprint density at radius 3 is 2.42 bits per heavy atom. The van der Waals surface area contributed by atoms with Crippen LogP contribution >= 0.6 is 0 Å². The largest absolute Gasteiger partial charge is 0.497 e. The lowest BCUT2D eigenvalue weighted by Crippen LogP contribution is -2.38. The summed E-state index contributed by atoms with van der Waals surface area (Å²) in [6, 6.07) is 14.5. The normalized spacial score (nSPS) is 11.6. The lowest BCUT2D eigenvalue weighted by atomic mass is 10.1. The number of hydrogen-bond donors (Lipinski definition) is 1. The minimum absolute atomic E-state index is 0.186. The summed E-state index contributed by atoms with van der Waals surface area (Å²) >= 11 is 0. The Kier molecular flexibility index (Phi) is 7.07. The molecule has 0 bridgehead atoms. The summed E-state index contributed by atoms with van der Waals surface area (Å²) in [5, 5.41) is 2.80. The average Bonchev–Trinajstić information content (AvgIpc) is 2.77. The van der Waals surface area contributed by atoms with Gasteiger partial charge in [0.25, 0.3) is 11.5 Å². The molecule has 0 aliphatic heterocycles. The third kappa shape index (κ3) is 5.72. The molecule has 0 spiro atoms. The van der Waals surface area contributed by atoms with E-state index < -0.39 is 6.10 Å². The lowest BCUT2D eigenvalue weighted by molar-refractivity contribution is -0.127. The Morgan fingerprint density at radius 2 is 1.77 bits per heavy atom.